The Morgan fingerprint density at radius 2 is 1.77 bits per heavy atom. The minimum Gasteiger partial charge on any atom is -0.449 e. The Morgan fingerprint density at radius 3 is 2.53 bits per heavy atom. The minimum absolute atomic E-state index is 0.277. The zero-order valence-electron chi connectivity index (χ0n) is 16.2. The summed E-state index contributed by atoms with van der Waals surface area (Å²) in [5.74, 6) is -0.709. The molecule has 0 spiro atoms. The Morgan fingerprint density at radius 1 is 1.03 bits per heavy atom. The lowest BCUT2D eigenvalue weighted by atomic mass is 10.1. The number of oxazole rings is 1. The van der Waals surface area contributed by atoms with Gasteiger partial charge in [-0.05, 0) is 42.8 Å². The van der Waals surface area contributed by atoms with Crippen LogP contribution in [-0.4, -0.2) is 27.9 Å². The highest BCUT2D eigenvalue weighted by atomic mass is 16.5. The van der Waals surface area contributed by atoms with Gasteiger partial charge in [0.2, 0.25) is 5.89 Å². The van der Waals surface area contributed by atoms with Gasteiger partial charge in [-0.2, -0.15) is 0 Å². The molecule has 7 nitrogen and oxygen atoms in total. The van der Waals surface area contributed by atoms with Crippen molar-refractivity contribution in [2.75, 3.05) is 5.32 Å². The second-order valence-corrected chi connectivity index (χ2v) is 6.56. The average molecular weight is 401 g/mol. The van der Waals surface area contributed by atoms with Crippen molar-refractivity contribution < 1.29 is 18.7 Å². The Kier molecular flexibility index (Phi) is 5.52. The molecule has 0 radical (unpaired) electrons. The molecule has 0 aliphatic rings. The lowest BCUT2D eigenvalue weighted by Gasteiger charge is -2.16. The predicted molar refractivity (Wildman–Crippen MR) is 112 cm³/mol. The lowest BCUT2D eigenvalue weighted by molar-refractivity contribution is -0.124. The van der Waals surface area contributed by atoms with E-state index in [1.54, 1.807) is 55.7 Å². The average Bonchev–Trinajstić information content (AvgIpc) is 3.22. The summed E-state index contributed by atoms with van der Waals surface area (Å²) in [6, 6.07) is 17.5. The van der Waals surface area contributed by atoms with E-state index in [-0.39, 0.29) is 5.56 Å². The first-order valence-electron chi connectivity index (χ1n) is 9.52. The van der Waals surface area contributed by atoms with Crippen LogP contribution in [0, 0.1) is 0 Å². The van der Waals surface area contributed by atoms with E-state index >= 15 is 0 Å². The lowest BCUT2D eigenvalue weighted by Crippen LogP contribution is -2.32. The highest BCUT2D eigenvalue weighted by Crippen LogP contribution is 2.27. The van der Waals surface area contributed by atoms with Gasteiger partial charge in [-0.25, -0.2) is 9.78 Å². The molecule has 2 heterocycles. The maximum absolute atomic E-state index is 12.9. The molecule has 7 heteroatoms. The number of carbonyl (C=O) groups excluding carboxylic acids is 2. The highest BCUT2D eigenvalue weighted by Gasteiger charge is 2.25. The van der Waals surface area contributed by atoms with E-state index < -0.39 is 18.0 Å². The number of carbonyl (C=O) groups is 2. The molecule has 1 N–H and O–H groups in total. The van der Waals surface area contributed by atoms with Gasteiger partial charge in [-0.15, -0.1) is 0 Å². The van der Waals surface area contributed by atoms with Crippen molar-refractivity contribution in [3.05, 3.63) is 78.6 Å². The fourth-order valence-electron chi connectivity index (χ4n) is 3.01. The number of fused-ring (bicyclic) bond motifs is 1. The van der Waals surface area contributed by atoms with Crippen molar-refractivity contribution in [2.45, 2.75) is 19.4 Å². The Balaban J connectivity index is 1.56. The number of esters is 1. The molecular weight excluding hydrogens is 382 g/mol. The number of hydrogen-bond donors (Lipinski definition) is 1. The van der Waals surface area contributed by atoms with Gasteiger partial charge in [0, 0.05) is 18.1 Å². The number of nitrogens with zero attached hydrogens (tertiary/aromatic N) is 2. The van der Waals surface area contributed by atoms with Crippen LogP contribution in [0.15, 0.2) is 77.5 Å². The number of rotatable bonds is 6. The molecule has 2 aromatic carbocycles. The van der Waals surface area contributed by atoms with Crippen LogP contribution >= 0.6 is 0 Å². The molecule has 0 saturated heterocycles. The number of amides is 1. The molecule has 0 fully saturated rings. The number of benzene rings is 2. The van der Waals surface area contributed by atoms with Crippen LogP contribution in [0.1, 0.15) is 23.7 Å². The predicted octanol–water partition coefficient (Wildman–Crippen LogP) is 4.46. The van der Waals surface area contributed by atoms with E-state index in [0.717, 1.165) is 0 Å². The van der Waals surface area contributed by atoms with E-state index in [0.29, 0.717) is 34.7 Å². The first-order valence-corrected chi connectivity index (χ1v) is 9.52. The summed E-state index contributed by atoms with van der Waals surface area (Å²) in [5.41, 5.74) is 2.68. The molecule has 0 aliphatic carbocycles. The maximum atomic E-state index is 12.9. The zero-order chi connectivity index (χ0) is 20.9. The summed E-state index contributed by atoms with van der Waals surface area (Å²) in [4.78, 5) is 33.8. The molecule has 0 aliphatic heterocycles. The van der Waals surface area contributed by atoms with Crippen molar-refractivity contribution >= 4 is 28.7 Å². The molecule has 1 unspecified atom stereocenters. The van der Waals surface area contributed by atoms with E-state index in [4.69, 9.17) is 9.15 Å². The molecule has 4 rings (SSSR count). The first-order chi connectivity index (χ1) is 14.7. The quantitative estimate of drug-likeness (QED) is 0.479. The standard InChI is InChI=1S/C23H19N3O4/c1-2-19(21(27)25-15-11-13-24-14-12-15)30-23(28)17-8-4-3-7-16(17)22-26-18-9-5-6-10-20(18)29-22/h3-14,19H,2H2,1H3,(H,24,25,27). The van der Waals surface area contributed by atoms with Gasteiger partial charge in [0.1, 0.15) is 5.52 Å². The largest absolute Gasteiger partial charge is 0.449 e. The van der Waals surface area contributed by atoms with Gasteiger partial charge < -0.3 is 14.5 Å². The second kappa shape index (κ2) is 8.57. The third kappa shape index (κ3) is 4.05. The summed E-state index contributed by atoms with van der Waals surface area (Å²) in [6.45, 7) is 1.77. The van der Waals surface area contributed by atoms with Crippen LogP contribution in [0.4, 0.5) is 5.69 Å². The van der Waals surface area contributed by atoms with Crippen LogP contribution in [0.3, 0.4) is 0 Å². The van der Waals surface area contributed by atoms with Crippen LogP contribution in [-0.2, 0) is 9.53 Å². The minimum atomic E-state index is -0.942. The van der Waals surface area contributed by atoms with Crippen LogP contribution < -0.4 is 5.32 Å². The fraction of sp³-hybridized carbons (Fsp3) is 0.130. The Labute approximate surface area is 172 Å². The smallest absolute Gasteiger partial charge is 0.339 e. The summed E-state index contributed by atoms with van der Waals surface area (Å²) in [7, 11) is 0. The van der Waals surface area contributed by atoms with Crippen molar-refractivity contribution in [1.29, 1.82) is 0 Å². The van der Waals surface area contributed by atoms with E-state index in [1.165, 1.54) is 0 Å². The van der Waals surface area contributed by atoms with Gasteiger partial charge in [0.25, 0.3) is 5.91 Å². The first kappa shape index (κ1) is 19.3. The van der Waals surface area contributed by atoms with Crippen molar-refractivity contribution in [1.82, 2.24) is 9.97 Å². The molecule has 1 atom stereocenters. The Hall–Kier alpha value is -4.00. The maximum Gasteiger partial charge on any atom is 0.339 e. The van der Waals surface area contributed by atoms with Crippen molar-refractivity contribution in [3.8, 4) is 11.5 Å². The third-order valence-corrected chi connectivity index (χ3v) is 4.53. The van der Waals surface area contributed by atoms with Crippen LogP contribution in [0.25, 0.3) is 22.6 Å². The number of para-hydroxylation sites is 2. The molecule has 2 aromatic heterocycles. The van der Waals surface area contributed by atoms with Gasteiger partial charge >= 0.3 is 5.97 Å². The zero-order valence-corrected chi connectivity index (χ0v) is 16.2. The molecule has 0 bridgehead atoms. The molecule has 30 heavy (non-hydrogen) atoms. The normalized spacial score (nSPS) is 11.8. The molecule has 4 aromatic rings. The SMILES string of the molecule is CCC(OC(=O)c1ccccc1-c1nc2ccccc2o1)C(=O)Nc1ccncc1. The van der Waals surface area contributed by atoms with E-state index in [2.05, 4.69) is 15.3 Å². The molecule has 150 valence electrons. The monoisotopic (exact) mass is 401 g/mol. The highest BCUT2D eigenvalue weighted by molar-refractivity contribution is 6.00. The van der Waals surface area contributed by atoms with Crippen molar-refractivity contribution in [2.24, 2.45) is 0 Å². The second-order valence-electron chi connectivity index (χ2n) is 6.56. The number of anilines is 1. The van der Waals surface area contributed by atoms with Gasteiger partial charge in [-0.1, -0.05) is 31.2 Å². The topological polar surface area (TPSA) is 94.3 Å². The van der Waals surface area contributed by atoms with Gasteiger partial charge in [0.05, 0.1) is 11.1 Å². The van der Waals surface area contributed by atoms with E-state index in [9.17, 15) is 9.59 Å². The molecule has 1 amide bonds. The van der Waals surface area contributed by atoms with Crippen LogP contribution in [0.5, 0.6) is 0 Å². The number of ether oxygens (including phenoxy) is 1. The fourth-order valence-corrected chi connectivity index (χ4v) is 3.01. The van der Waals surface area contributed by atoms with Crippen molar-refractivity contribution in [3.63, 3.8) is 0 Å². The summed E-state index contributed by atoms with van der Waals surface area (Å²) < 4.78 is 11.3. The molecular formula is C23H19N3O4. The van der Waals surface area contributed by atoms with Gasteiger partial charge in [0.15, 0.2) is 11.7 Å². The third-order valence-electron chi connectivity index (χ3n) is 4.53. The van der Waals surface area contributed by atoms with Crippen LogP contribution in [0.2, 0.25) is 0 Å². The summed E-state index contributed by atoms with van der Waals surface area (Å²) in [5, 5.41) is 2.73. The number of hydrogen-bond acceptors (Lipinski definition) is 6. The number of pyridine rings is 1. The summed E-state index contributed by atoms with van der Waals surface area (Å²) in [6.07, 6.45) is 2.52. The summed E-state index contributed by atoms with van der Waals surface area (Å²) >= 11 is 0. The number of nitrogens with one attached hydrogen (secondary N) is 1. The Bertz CT molecular complexity index is 1150. The number of aromatic nitrogens is 2. The van der Waals surface area contributed by atoms with E-state index in [1.807, 2.05) is 24.3 Å². The van der Waals surface area contributed by atoms with Gasteiger partial charge in [-0.3, -0.25) is 9.78 Å². The molecule has 0 saturated carbocycles.